The van der Waals surface area contributed by atoms with Crippen molar-refractivity contribution in [1.82, 2.24) is 24.9 Å². The van der Waals surface area contributed by atoms with E-state index in [2.05, 4.69) is 40.9 Å². The Labute approximate surface area is 166 Å². The first kappa shape index (κ1) is 19.9. The van der Waals surface area contributed by atoms with Crippen LogP contribution in [0, 0.1) is 0 Å². The predicted molar refractivity (Wildman–Crippen MR) is 111 cm³/mol. The number of likely N-dealkylation sites (tertiary alicyclic amines) is 1. The van der Waals surface area contributed by atoms with Gasteiger partial charge in [0.1, 0.15) is 0 Å². The summed E-state index contributed by atoms with van der Waals surface area (Å²) in [5.74, 6) is -0.0648. The summed E-state index contributed by atoms with van der Waals surface area (Å²) in [5, 5.41) is 8.72. The van der Waals surface area contributed by atoms with Gasteiger partial charge in [-0.15, -0.1) is 19.0 Å². The largest absolute Gasteiger partial charge is 0.348 e. The van der Waals surface area contributed by atoms with Gasteiger partial charge in [0.25, 0.3) is 5.91 Å². The molecule has 146 valence electrons. The molecule has 0 saturated carbocycles. The lowest BCUT2D eigenvalue weighted by Crippen LogP contribution is -2.63. The van der Waals surface area contributed by atoms with Gasteiger partial charge in [-0.1, -0.05) is 24.3 Å². The Morgan fingerprint density at radius 3 is 2.59 bits per heavy atom. The number of hydrogen-bond acceptors (Lipinski definition) is 4. The van der Waals surface area contributed by atoms with Crippen molar-refractivity contribution in [3.63, 3.8) is 0 Å². The van der Waals surface area contributed by atoms with Crippen molar-refractivity contribution in [3.05, 3.63) is 42.6 Å². The number of aromatic nitrogens is 2. The number of allylic oxidation sites excluding steroid dienone is 1. The number of piperidine rings is 1. The third kappa shape index (κ3) is 3.74. The van der Waals surface area contributed by atoms with E-state index in [1.807, 2.05) is 28.9 Å². The smallest absolute Gasteiger partial charge is 0.272 e. The van der Waals surface area contributed by atoms with Gasteiger partial charge in [-0.25, -0.2) is 0 Å². The van der Waals surface area contributed by atoms with Gasteiger partial charge in [-0.2, -0.15) is 5.10 Å². The Kier molecular flexibility index (Phi) is 5.89. The Hall–Kier alpha value is -1.89. The third-order valence-electron chi connectivity index (χ3n) is 5.82. The minimum absolute atomic E-state index is 0. The molecule has 1 N–H and O–H groups in total. The summed E-state index contributed by atoms with van der Waals surface area (Å²) in [5.41, 5.74) is 1.49. The van der Waals surface area contributed by atoms with Crippen molar-refractivity contribution in [2.45, 2.75) is 37.5 Å². The van der Waals surface area contributed by atoms with E-state index in [0.717, 1.165) is 36.8 Å². The average molecular weight is 390 g/mol. The quantitative estimate of drug-likeness (QED) is 0.814. The lowest BCUT2D eigenvalue weighted by molar-refractivity contribution is 0.00837. The molecule has 1 aromatic carbocycles. The molecule has 4 rings (SSSR count). The van der Waals surface area contributed by atoms with E-state index in [0.29, 0.717) is 24.3 Å². The van der Waals surface area contributed by atoms with E-state index < -0.39 is 0 Å². The van der Waals surface area contributed by atoms with Gasteiger partial charge < -0.3 is 10.2 Å². The maximum Gasteiger partial charge on any atom is 0.272 e. The molecule has 1 amide bonds. The van der Waals surface area contributed by atoms with E-state index in [4.69, 9.17) is 0 Å². The van der Waals surface area contributed by atoms with Crippen LogP contribution >= 0.6 is 12.4 Å². The molecule has 1 unspecified atom stereocenters. The fourth-order valence-electron chi connectivity index (χ4n) is 4.51. The van der Waals surface area contributed by atoms with Gasteiger partial charge in [0.15, 0.2) is 5.69 Å². The first-order valence-electron chi connectivity index (χ1n) is 9.34. The number of rotatable bonds is 4. The third-order valence-corrected chi connectivity index (χ3v) is 5.82. The zero-order valence-electron chi connectivity index (χ0n) is 16.0. The molecule has 3 heterocycles. The van der Waals surface area contributed by atoms with Gasteiger partial charge in [0, 0.05) is 36.6 Å². The Morgan fingerprint density at radius 2 is 1.93 bits per heavy atom. The molecule has 2 aliphatic rings. The number of likely N-dealkylation sites (N-methyl/N-ethyl adjacent to an activating group) is 2. The summed E-state index contributed by atoms with van der Waals surface area (Å²) >= 11 is 0. The van der Waals surface area contributed by atoms with Crippen molar-refractivity contribution in [3.8, 4) is 0 Å². The molecular weight excluding hydrogens is 362 g/mol. The molecule has 0 radical (unpaired) electrons. The number of para-hydroxylation sites is 1. The van der Waals surface area contributed by atoms with Crippen molar-refractivity contribution >= 4 is 29.2 Å². The first-order valence-corrected chi connectivity index (χ1v) is 9.34. The van der Waals surface area contributed by atoms with E-state index >= 15 is 0 Å². The van der Waals surface area contributed by atoms with Gasteiger partial charge in [-0.3, -0.25) is 14.4 Å². The molecule has 2 aliphatic heterocycles. The van der Waals surface area contributed by atoms with Crippen LogP contribution in [0.2, 0.25) is 0 Å². The second-order valence-corrected chi connectivity index (χ2v) is 7.67. The minimum Gasteiger partial charge on any atom is -0.348 e. The number of nitrogens with zero attached hydrogens (tertiary/aromatic N) is 4. The number of amides is 1. The highest BCUT2D eigenvalue weighted by Gasteiger charge is 2.38. The van der Waals surface area contributed by atoms with E-state index in [9.17, 15) is 4.79 Å². The number of piperazine rings is 1. The SMILES string of the molecule is C=CCn1nc(C(=O)NC2C[C@@H]3CN(C)C[C@H](C2)N3C)c2ccccc21.Cl. The molecule has 2 fully saturated rings. The minimum atomic E-state index is -0.0648. The topological polar surface area (TPSA) is 53.4 Å². The fraction of sp³-hybridized carbons (Fsp3) is 0.500. The van der Waals surface area contributed by atoms with Gasteiger partial charge in [0.2, 0.25) is 0 Å². The lowest BCUT2D eigenvalue weighted by Gasteiger charge is -2.50. The van der Waals surface area contributed by atoms with Crippen molar-refractivity contribution in [2.75, 3.05) is 27.2 Å². The number of hydrogen-bond donors (Lipinski definition) is 1. The summed E-state index contributed by atoms with van der Waals surface area (Å²) in [6.45, 7) is 6.51. The maximum absolute atomic E-state index is 13.0. The van der Waals surface area contributed by atoms with E-state index in [1.165, 1.54) is 0 Å². The van der Waals surface area contributed by atoms with Crippen LogP contribution in [0.1, 0.15) is 23.3 Å². The standard InChI is InChI=1S/C20H27N5O.ClH/c1-4-9-25-18-8-6-5-7-17(18)19(22-25)20(26)21-14-10-15-12-23(2)13-16(11-14)24(15)3;/h4-8,14-16H,1,9-13H2,2-3H3,(H,21,26);1H/t14?,15-,16+;. The molecule has 0 spiro atoms. The van der Waals surface area contributed by atoms with Crippen molar-refractivity contribution in [2.24, 2.45) is 0 Å². The lowest BCUT2D eigenvalue weighted by atomic mass is 9.88. The van der Waals surface area contributed by atoms with Crippen LogP contribution in [0.4, 0.5) is 0 Å². The molecule has 6 nitrogen and oxygen atoms in total. The predicted octanol–water partition coefficient (Wildman–Crippen LogP) is 2.15. The van der Waals surface area contributed by atoms with Gasteiger partial charge in [0.05, 0.1) is 12.1 Å². The second kappa shape index (κ2) is 8.00. The number of benzene rings is 1. The van der Waals surface area contributed by atoms with Crippen LogP contribution in [0.15, 0.2) is 36.9 Å². The second-order valence-electron chi connectivity index (χ2n) is 7.67. The van der Waals surface area contributed by atoms with Crippen LogP contribution in [0.25, 0.3) is 10.9 Å². The summed E-state index contributed by atoms with van der Waals surface area (Å²) < 4.78 is 1.84. The molecule has 27 heavy (non-hydrogen) atoms. The highest BCUT2D eigenvalue weighted by Crippen LogP contribution is 2.27. The van der Waals surface area contributed by atoms with Crippen molar-refractivity contribution in [1.29, 1.82) is 0 Å². The highest BCUT2D eigenvalue weighted by atomic mass is 35.5. The van der Waals surface area contributed by atoms with Crippen LogP contribution in [-0.4, -0.2) is 70.8 Å². The van der Waals surface area contributed by atoms with Crippen LogP contribution in [0.5, 0.6) is 0 Å². The van der Waals surface area contributed by atoms with Crippen LogP contribution in [0.3, 0.4) is 0 Å². The van der Waals surface area contributed by atoms with Crippen molar-refractivity contribution < 1.29 is 4.79 Å². The molecule has 2 aromatic rings. The Morgan fingerprint density at radius 1 is 1.26 bits per heavy atom. The molecule has 0 aliphatic carbocycles. The fourth-order valence-corrected chi connectivity index (χ4v) is 4.51. The number of carbonyl (C=O) groups is 1. The first-order chi connectivity index (χ1) is 12.6. The Balaban J connectivity index is 0.00000210. The molecule has 3 atom stereocenters. The summed E-state index contributed by atoms with van der Waals surface area (Å²) in [4.78, 5) is 17.9. The molecule has 2 bridgehead atoms. The maximum atomic E-state index is 13.0. The van der Waals surface area contributed by atoms with E-state index in [-0.39, 0.29) is 24.4 Å². The normalized spacial score (nSPS) is 25.8. The Bertz CT molecular complexity index is 819. The highest BCUT2D eigenvalue weighted by molar-refractivity contribution is 6.05. The zero-order chi connectivity index (χ0) is 18.3. The zero-order valence-corrected chi connectivity index (χ0v) is 16.8. The molecule has 2 saturated heterocycles. The van der Waals surface area contributed by atoms with Crippen LogP contribution in [-0.2, 0) is 6.54 Å². The number of carbonyl (C=O) groups excluding carboxylic acids is 1. The molecule has 1 aromatic heterocycles. The molecule has 7 heteroatoms. The number of nitrogens with one attached hydrogen (secondary N) is 1. The summed E-state index contributed by atoms with van der Waals surface area (Å²) in [6.07, 6.45) is 3.79. The molecular formula is C20H28ClN5O. The number of fused-ring (bicyclic) bond motifs is 3. The number of halogens is 1. The summed E-state index contributed by atoms with van der Waals surface area (Å²) in [7, 11) is 4.40. The summed E-state index contributed by atoms with van der Waals surface area (Å²) in [6, 6.07) is 9.12. The van der Waals surface area contributed by atoms with Gasteiger partial charge >= 0.3 is 0 Å². The van der Waals surface area contributed by atoms with Crippen LogP contribution < -0.4 is 5.32 Å². The van der Waals surface area contributed by atoms with E-state index in [1.54, 1.807) is 6.08 Å². The average Bonchev–Trinajstić information content (AvgIpc) is 2.96. The monoisotopic (exact) mass is 389 g/mol. The van der Waals surface area contributed by atoms with Gasteiger partial charge in [-0.05, 0) is 33.0 Å².